The van der Waals surface area contributed by atoms with Gasteiger partial charge < -0.3 is 10.5 Å². The number of pyridine rings is 1. The fraction of sp³-hybridized carbons (Fsp3) is 0.250. The van der Waals surface area contributed by atoms with Gasteiger partial charge in [0.05, 0.1) is 0 Å². The molecule has 4 heteroatoms. The molecule has 0 amide bonds. The third-order valence-electron chi connectivity index (χ3n) is 4.85. The molecule has 24 heavy (non-hydrogen) atoms. The Hall–Kier alpha value is -2.10. The second-order valence-electron chi connectivity index (χ2n) is 6.16. The van der Waals surface area contributed by atoms with Crippen LogP contribution in [0.2, 0.25) is 0 Å². The number of hydrogen-bond acceptors (Lipinski definition) is 2. The molecule has 2 heterocycles. The van der Waals surface area contributed by atoms with Crippen LogP contribution in [-0.4, -0.2) is 0 Å². The molecule has 1 atom stereocenters. The van der Waals surface area contributed by atoms with Crippen LogP contribution in [0.15, 0.2) is 54.7 Å². The van der Waals surface area contributed by atoms with E-state index in [1.807, 2.05) is 12.1 Å². The molecule has 0 bridgehead atoms. The molecule has 1 aliphatic rings. The van der Waals surface area contributed by atoms with Crippen molar-refractivity contribution in [2.24, 2.45) is 0 Å². The predicted molar refractivity (Wildman–Crippen MR) is 99.3 cm³/mol. The van der Waals surface area contributed by atoms with Crippen LogP contribution in [0.25, 0.3) is 10.8 Å². The van der Waals surface area contributed by atoms with E-state index in [9.17, 15) is 5.21 Å². The fourth-order valence-electron chi connectivity index (χ4n) is 3.73. The number of nitrogens with one attached hydrogen (secondary N) is 1. The SMILES string of the molecule is CCc1c(C2Cc3ccccc3CN2)c2ccccc2c[n+]1[O-].Cl. The average molecular weight is 341 g/mol. The number of aromatic nitrogens is 1. The first-order chi connectivity index (χ1) is 11.3. The van der Waals surface area contributed by atoms with Gasteiger partial charge in [0.15, 0.2) is 11.9 Å². The normalized spacial score (nSPS) is 16.5. The van der Waals surface area contributed by atoms with Gasteiger partial charge in [0, 0.05) is 30.0 Å². The van der Waals surface area contributed by atoms with Gasteiger partial charge in [-0.15, -0.1) is 12.4 Å². The average Bonchev–Trinajstić information content (AvgIpc) is 2.60. The summed E-state index contributed by atoms with van der Waals surface area (Å²) in [5.41, 5.74) is 4.77. The Bertz CT molecular complexity index is 879. The first kappa shape index (κ1) is 16.7. The molecule has 0 saturated heterocycles. The van der Waals surface area contributed by atoms with Crippen LogP contribution in [0.4, 0.5) is 0 Å². The van der Waals surface area contributed by atoms with E-state index in [1.165, 1.54) is 16.5 Å². The summed E-state index contributed by atoms with van der Waals surface area (Å²) in [5, 5.41) is 18.3. The third-order valence-corrected chi connectivity index (χ3v) is 4.85. The zero-order valence-corrected chi connectivity index (χ0v) is 14.5. The van der Waals surface area contributed by atoms with E-state index in [0.29, 0.717) is 0 Å². The molecule has 124 valence electrons. The van der Waals surface area contributed by atoms with Crippen LogP contribution in [-0.2, 0) is 19.4 Å². The lowest BCUT2D eigenvalue weighted by Gasteiger charge is -2.28. The Morgan fingerprint density at radius 1 is 1.08 bits per heavy atom. The molecule has 1 aromatic heterocycles. The molecule has 2 aromatic carbocycles. The molecule has 3 aromatic rings. The maximum absolute atomic E-state index is 12.5. The number of fused-ring (bicyclic) bond motifs is 2. The van der Waals surface area contributed by atoms with Gasteiger partial charge in [0.1, 0.15) is 0 Å². The van der Waals surface area contributed by atoms with Crippen LogP contribution in [0.5, 0.6) is 0 Å². The summed E-state index contributed by atoms with van der Waals surface area (Å²) >= 11 is 0. The zero-order valence-electron chi connectivity index (χ0n) is 13.7. The Labute approximate surface area is 148 Å². The largest absolute Gasteiger partial charge is 0.618 e. The van der Waals surface area contributed by atoms with Gasteiger partial charge in [-0.05, 0) is 29.0 Å². The van der Waals surface area contributed by atoms with E-state index in [1.54, 1.807) is 6.20 Å². The standard InChI is InChI=1S/C20H20N2O.ClH/c1-2-19-20(17-10-6-5-9-16(17)13-22(19)23)18-11-14-7-3-4-8-15(14)12-21-18;/h3-10,13,18,21H,2,11-12H2,1H3;1H. The summed E-state index contributed by atoms with van der Waals surface area (Å²) in [6.07, 6.45) is 3.37. The van der Waals surface area contributed by atoms with Crippen molar-refractivity contribution in [2.75, 3.05) is 0 Å². The van der Waals surface area contributed by atoms with Crippen molar-refractivity contribution >= 4 is 23.2 Å². The van der Waals surface area contributed by atoms with Crippen molar-refractivity contribution in [2.45, 2.75) is 32.4 Å². The second-order valence-corrected chi connectivity index (χ2v) is 6.16. The summed E-state index contributed by atoms with van der Waals surface area (Å²) in [6, 6.07) is 16.9. The Morgan fingerprint density at radius 3 is 2.58 bits per heavy atom. The van der Waals surface area contributed by atoms with E-state index in [4.69, 9.17) is 0 Å². The van der Waals surface area contributed by atoms with Crippen LogP contribution >= 0.6 is 12.4 Å². The number of hydrogen-bond donors (Lipinski definition) is 1. The molecule has 1 unspecified atom stereocenters. The van der Waals surface area contributed by atoms with E-state index in [2.05, 4.69) is 48.6 Å². The van der Waals surface area contributed by atoms with Crippen LogP contribution in [0.1, 0.15) is 35.3 Å². The molecule has 1 aliphatic heterocycles. The number of rotatable bonds is 2. The van der Waals surface area contributed by atoms with Crippen molar-refractivity contribution in [1.29, 1.82) is 0 Å². The summed E-state index contributed by atoms with van der Waals surface area (Å²) < 4.78 is 1.06. The minimum Gasteiger partial charge on any atom is -0.618 e. The molecule has 1 N–H and O–H groups in total. The van der Waals surface area contributed by atoms with Gasteiger partial charge in [-0.1, -0.05) is 49.4 Å². The van der Waals surface area contributed by atoms with E-state index in [-0.39, 0.29) is 18.4 Å². The van der Waals surface area contributed by atoms with Gasteiger partial charge in [0.2, 0.25) is 0 Å². The van der Waals surface area contributed by atoms with Crippen molar-refractivity contribution in [3.8, 4) is 0 Å². The first-order valence-corrected chi connectivity index (χ1v) is 8.21. The van der Waals surface area contributed by atoms with Crippen LogP contribution in [0.3, 0.4) is 0 Å². The predicted octanol–water partition coefficient (Wildman–Crippen LogP) is 3.84. The molecule has 0 aliphatic carbocycles. The highest BCUT2D eigenvalue weighted by atomic mass is 35.5. The molecular weight excluding hydrogens is 320 g/mol. The Kier molecular flexibility index (Phi) is 4.74. The lowest BCUT2D eigenvalue weighted by Crippen LogP contribution is -2.37. The molecule has 4 rings (SSSR count). The van der Waals surface area contributed by atoms with Crippen LogP contribution in [0, 0.1) is 5.21 Å². The number of halogens is 1. The minimum atomic E-state index is 0. The molecule has 0 saturated carbocycles. The molecule has 0 spiro atoms. The van der Waals surface area contributed by atoms with E-state index < -0.39 is 0 Å². The zero-order chi connectivity index (χ0) is 15.8. The molecular formula is C20H21ClN2O. The highest BCUT2D eigenvalue weighted by Crippen LogP contribution is 2.32. The fourth-order valence-corrected chi connectivity index (χ4v) is 3.73. The summed E-state index contributed by atoms with van der Waals surface area (Å²) in [6.45, 7) is 2.91. The lowest BCUT2D eigenvalue weighted by molar-refractivity contribution is -0.612. The molecule has 3 nitrogen and oxygen atoms in total. The Balaban J connectivity index is 0.00000169. The Morgan fingerprint density at radius 2 is 1.79 bits per heavy atom. The highest BCUT2D eigenvalue weighted by molar-refractivity contribution is 5.85. The minimum absolute atomic E-state index is 0. The second kappa shape index (κ2) is 6.80. The van der Waals surface area contributed by atoms with Gasteiger partial charge in [-0.3, -0.25) is 0 Å². The first-order valence-electron chi connectivity index (χ1n) is 8.21. The number of benzene rings is 2. The lowest BCUT2D eigenvalue weighted by atomic mass is 9.88. The highest BCUT2D eigenvalue weighted by Gasteiger charge is 2.27. The smallest absolute Gasteiger partial charge is 0.197 e. The molecule has 0 fully saturated rings. The van der Waals surface area contributed by atoms with Crippen molar-refractivity contribution in [3.63, 3.8) is 0 Å². The topological polar surface area (TPSA) is 39.0 Å². The maximum Gasteiger partial charge on any atom is 0.197 e. The molecule has 0 radical (unpaired) electrons. The van der Waals surface area contributed by atoms with Gasteiger partial charge in [-0.25, -0.2) is 0 Å². The summed E-state index contributed by atoms with van der Waals surface area (Å²) in [7, 11) is 0. The van der Waals surface area contributed by atoms with Crippen molar-refractivity contribution in [1.82, 2.24) is 5.32 Å². The third kappa shape index (κ3) is 2.74. The van der Waals surface area contributed by atoms with E-state index in [0.717, 1.165) is 40.8 Å². The monoisotopic (exact) mass is 340 g/mol. The maximum atomic E-state index is 12.5. The number of nitrogens with zero attached hydrogens (tertiary/aromatic N) is 1. The van der Waals surface area contributed by atoms with Crippen molar-refractivity contribution in [3.05, 3.63) is 82.3 Å². The summed E-state index contributed by atoms with van der Waals surface area (Å²) in [4.78, 5) is 0. The van der Waals surface area contributed by atoms with E-state index >= 15 is 0 Å². The quantitative estimate of drug-likeness (QED) is 0.568. The van der Waals surface area contributed by atoms with Gasteiger partial charge >= 0.3 is 0 Å². The summed E-state index contributed by atoms with van der Waals surface area (Å²) in [5.74, 6) is 0. The van der Waals surface area contributed by atoms with Crippen LogP contribution < -0.4 is 10.0 Å². The van der Waals surface area contributed by atoms with Gasteiger partial charge in [0.25, 0.3) is 0 Å². The van der Waals surface area contributed by atoms with Gasteiger partial charge in [-0.2, -0.15) is 4.73 Å². The van der Waals surface area contributed by atoms with Crippen molar-refractivity contribution < 1.29 is 4.73 Å².